The number of hydrogen-bond acceptors (Lipinski definition) is 9. The average molecular weight is 540 g/mol. The summed E-state index contributed by atoms with van der Waals surface area (Å²) in [5.74, 6) is 0.00277. The number of aromatic nitrogens is 6. The number of anilines is 3. The maximum Gasteiger partial charge on any atom is 0.284 e. The molecule has 12 heteroatoms. The van der Waals surface area contributed by atoms with Crippen molar-refractivity contribution in [3.05, 3.63) is 78.9 Å². The molecule has 0 unspecified atom stereocenters. The minimum Gasteiger partial charge on any atom is -0.439 e. The number of aryl methyl sites for hydroxylation is 1. The van der Waals surface area contributed by atoms with Gasteiger partial charge < -0.3 is 15.4 Å². The topological polar surface area (TPSA) is 122 Å². The van der Waals surface area contributed by atoms with Crippen LogP contribution < -0.4 is 15.4 Å². The summed E-state index contributed by atoms with van der Waals surface area (Å²) in [4.78, 5) is 27.6. The van der Waals surface area contributed by atoms with E-state index in [2.05, 4.69) is 35.8 Å². The number of carbonyl (C=O) groups is 1. The molecule has 1 saturated heterocycles. The lowest BCUT2D eigenvalue weighted by molar-refractivity contribution is -0.114. The van der Waals surface area contributed by atoms with E-state index in [0.29, 0.717) is 39.7 Å². The van der Waals surface area contributed by atoms with Gasteiger partial charge in [-0.1, -0.05) is 0 Å². The summed E-state index contributed by atoms with van der Waals surface area (Å²) in [6.45, 7) is 2.82. The first-order valence-corrected chi connectivity index (χ1v) is 12.8. The molecule has 4 heterocycles. The molecule has 5 aromatic rings. The van der Waals surface area contributed by atoms with Gasteiger partial charge in [0.25, 0.3) is 5.91 Å². The Morgan fingerprint density at radius 1 is 1.10 bits per heavy atom. The van der Waals surface area contributed by atoms with Crippen molar-refractivity contribution < 1.29 is 13.9 Å². The number of hydrogen-bond donors (Lipinski definition) is 2. The van der Waals surface area contributed by atoms with Gasteiger partial charge in [-0.3, -0.25) is 14.1 Å². The van der Waals surface area contributed by atoms with Crippen LogP contribution >= 0.6 is 0 Å². The van der Waals surface area contributed by atoms with Crippen molar-refractivity contribution in [2.24, 2.45) is 0 Å². The summed E-state index contributed by atoms with van der Waals surface area (Å²) in [7, 11) is 1.93. The van der Waals surface area contributed by atoms with Gasteiger partial charge in [0.1, 0.15) is 30.5 Å². The second kappa shape index (κ2) is 10.7. The van der Waals surface area contributed by atoms with Crippen molar-refractivity contribution in [2.75, 3.05) is 24.2 Å². The van der Waals surface area contributed by atoms with Gasteiger partial charge in [0.2, 0.25) is 5.88 Å². The highest BCUT2D eigenvalue weighted by molar-refractivity contribution is 6.04. The van der Waals surface area contributed by atoms with E-state index < -0.39 is 11.7 Å². The van der Waals surface area contributed by atoms with Gasteiger partial charge in [-0.15, -0.1) is 10.2 Å². The highest BCUT2D eigenvalue weighted by Crippen LogP contribution is 2.30. The molecule has 0 bridgehead atoms. The fraction of sp³-hybridized carbons (Fsp3) is 0.214. The smallest absolute Gasteiger partial charge is 0.284 e. The molecule has 0 radical (unpaired) electrons. The molecular formula is C28H26FN9O2. The van der Waals surface area contributed by atoms with Crippen LogP contribution in [0, 0.1) is 6.92 Å². The highest BCUT2D eigenvalue weighted by Gasteiger charge is 2.21. The largest absolute Gasteiger partial charge is 0.439 e. The number of ether oxygens (including phenoxy) is 1. The Bertz CT molecular complexity index is 1750. The lowest BCUT2D eigenvalue weighted by atomic mass is 10.1. The predicted octanol–water partition coefficient (Wildman–Crippen LogP) is 4.80. The zero-order valence-electron chi connectivity index (χ0n) is 21.9. The number of amides is 1. The van der Waals surface area contributed by atoms with E-state index in [-0.39, 0.29) is 6.04 Å². The normalized spacial score (nSPS) is 16.0. The van der Waals surface area contributed by atoms with Crippen LogP contribution in [0.15, 0.2) is 73.3 Å². The van der Waals surface area contributed by atoms with E-state index in [1.54, 1.807) is 41.3 Å². The zero-order valence-corrected chi connectivity index (χ0v) is 21.9. The molecule has 0 saturated carbocycles. The third-order valence-corrected chi connectivity index (χ3v) is 6.84. The zero-order chi connectivity index (χ0) is 27.6. The molecule has 3 aromatic heterocycles. The van der Waals surface area contributed by atoms with Gasteiger partial charge in [-0.2, -0.15) is 0 Å². The minimum absolute atomic E-state index is 0.0689. The number of likely N-dealkylation sites (N-methyl/N-ethyl adjacent to an activating group) is 1. The van der Waals surface area contributed by atoms with E-state index >= 15 is 0 Å². The van der Waals surface area contributed by atoms with Crippen molar-refractivity contribution >= 4 is 39.6 Å². The van der Waals surface area contributed by atoms with Crippen LogP contribution in [0.4, 0.5) is 21.6 Å². The molecule has 0 aliphatic carbocycles. The van der Waals surface area contributed by atoms with Gasteiger partial charge in [0.05, 0.1) is 5.52 Å². The van der Waals surface area contributed by atoms with E-state index in [1.165, 1.54) is 12.4 Å². The van der Waals surface area contributed by atoms with Crippen LogP contribution in [-0.4, -0.2) is 60.0 Å². The van der Waals surface area contributed by atoms with Crippen LogP contribution in [0.25, 0.3) is 16.6 Å². The molecule has 11 nitrogen and oxygen atoms in total. The van der Waals surface area contributed by atoms with E-state index in [4.69, 9.17) is 4.74 Å². The molecule has 1 amide bonds. The average Bonchev–Trinajstić information content (AvgIpc) is 3.58. The Morgan fingerprint density at radius 3 is 2.80 bits per heavy atom. The SMILES string of the molecule is Cc1cc(Nc2ncnc3ccc(NC(=O)/C(F)=C\[C@H]4CCCN4C)cc23)ccc1Oc1cc2nncn2cn1. The third-order valence-electron chi connectivity index (χ3n) is 6.84. The van der Waals surface area contributed by atoms with Crippen molar-refractivity contribution in [2.45, 2.75) is 25.8 Å². The predicted molar refractivity (Wildman–Crippen MR) is 148 cm³/mol. The van der Waals surface area contributed by atoms with Gasteiger partial charge in [0, 0.05) is 28.9 Å². The standard InChI is InChI=1S/C28H26FN9O2/c1-17-10-18(6-8-24(17)40-26-13-25-36-33-16-38(25)15-32-26)34-27-21-11-19(5-7-23(21)30-14-31-27)35-28(39)22(29)12-20-4-3-9-37(20)2/h5-8,10-16,20H,3-4,9H2,1-2H3,(H,35,39)(H,30,31,34)/b22-12+/t20-/m1/s1. The Hall–Kier alpha value is -4.97. The molecule has 6 rings (SSSR count). The molecule has 2 N–H and O–H groups in total. The number of rotatable bonds is 7. The first-order valence-electron chi connectivity index (χ1n) is 12.8. The Balaban J connectivity index is 1.19. The first-order chi connectivity index (χ1) is 19.4. The van der Waals surface area contributed by atoms with Crippen LogP contribution in [0.1, 0.15) is 18.4 Å². The fourth-order valence-electron chi connectivity index (χ4n) is 4.67. The summed E-state index contributed by atoms with van der Waals surface area (Å²) in [5, 5.41) is 14.5. The summed E-state index contributed by atoms with van der Waals surface area (Å²) >= 11 is 0. The van der Waals surface area contributed by atoms with Crippen molar-refractivity contribution in [3.63, 3.8) is 0 Å². The maximum absolute atomic E-state index is 14.6. The number of halogens is 1. The monoisotopic (exact) mass is 539 g/mol. The lowest BCUT2D eigenvalue weighted by Crippen LogP contribution is -2.24. The second-order valence-electron chi connectivity index (χ2n) is 9.64. The molecule has 1 aliphatic rings. The second-order valence-corrected chi connectivity index (χ2v) is 9.64. The third kappa shape index (κ3) is 5.29. The summed E-state index contributed by atoms with van der Waals surface area (Å²) in [6.07, 6.45) is 7.82. The molecular weight excluding hydrogens is 513 g/mol. The summed E-state index contributed by atoms with van der Waals surface area (Å²) < 4.78 is 22.3. The molecule has 0 spiro atoms. The van der Waals surface area contributed by atoms with Gasteiger partial charge >= 0.3 is 0 Å². The molecule has 1 atom stereocenters. The lowest BCUT2D eigenvalue weighted by Gasteiger charge is -2.15. The molecule has 1 fully saturated rings. The Kier molecular flexibility index (Phi) is 6.74. The number of likely N-dealkylation sites (tertiary alicyclic amines) is 1. The van der Waals surface area contributed by atoms with Gasteiger partial charge in [-0.05, 0) is 81.4 Å². The van der Waals surface area contributed by atoms with E-state index in [9.17, 15) is 9.18 Å². The molecule has 40 heavy (non-hydrogen) atoms. The van der Waals surface area contributed by atoms with Crippen molar-refractivity contribution in [1.29, 1.82) is 0 Å². The fourth-order valence-corrected chi connectivity index (χ4v) is 4.67. The van der Waals surface area contributed by atoms with Crippen molar-refractivity contribution in [3.8, 4) is 11.6 Å². The van der Waals surface area contributed by atoms with Crippen LogP contribution in [0.5, 0.6) is 11.6 Å². The van der Waals surface area contributed by atoms with Crippen LogP contribution in [-0.2, 0) is 4.79 Å². The molecule has 202 valence electrons. The maximum atomic E-state index is 14.6. The van der Waals surface area contributed by atoms with E-state index in [0.717, 1.165) is 30.6 Å². The first kappa shape index (κ1) is 25.3. The van der Waals surface area contributed by atoms with Gasteiger partial charge in [-0.25, -0.2) is 19.3 Å². The number of benzene rings is 2. The number of carbonyl (C=O) groups excluding carboxylic acids is 1. The summed E-state index contributed by atoms with van der Waals surface area (Å²) in [6, 6.07) is 12.4. The Morgan fingerprint density at radius 2 is 1.98 bits per heavy atom. The Labute approximate surface area is 228 Å². The quantitative estimate of drug-likeness (QED) is 0.281. The number of fused-ring (bicyclic) bond motifs is 2. The van der Waals surface area contributed by atoms with Crippen molar-refractivity contribution in [1.82, 2.24) is 34.4 Å². The molecule has 2 aromatic carbocycles. The van der Waals surface area contributed by atoms with E-state index in [1.807, 2.05) is 37.1 Å². The highest BCUT2D eigenvalue weighted by atomic mass is 19.1. The van der Waals surface area contributed by atoms with Crippen LogP contribution in [0.3, 0.4) is 0 Å². The minimum atomic E-state index is -0.795. The van der Waals surface area contributed by atoms with Gasteiger partial charge in [0.15, 0.2) is 11.5 Å². The molecule has 1 aliphatic heterocycles. The number of nitrogens with one attached hydrogen (secondary N) is 2. The van der Waals surface area contributed by atoms with Crippen LogP contribution in [0.2, 0.25) is 0 Å². The summed E-state index contributed by atoms with van der Waals surface area (Å²) in [5.41, 5.74) is 3.39. The number of nitrogens with zero attached hydrogens (tertiary/aromatic N) is 7.